The summed E-state index contributed by atoms with van der Waals surface area (Å²) in [6.45, 7) is 6.41. The van der Waals surface area contributed by atoms with Crippen molar-refractivity contribution in [2.75, 3.05) is 0 Å². The van der Waals surface area contributed by atoms with Gasteiger partial charge in [0.25, 0.3) is 0 Å². The zero-order valence-corrected chi connectivity index (χ0v) is 12.7. The highest BCUT2D eigenvalue weighted by Crippen LogP contribution is 2.39. The van der Waals surface area contributed by atoms with E-state index in [1.807, 2.05) is 10.9 Å². The molecule has 0 N–H and O–H groups in total. The zero-order chi connectivity index (χ0) is 14.3. The Morgan fingerprint density at radius 2 is 2.10 bits per heavy atom. The van der Waals surface area contributed by atoms with Crippen LogP contribution in [0.1, 0.15) is 45.3 Å². The molecule has 0 saturated heterocycles. The molecule has 5 heteroatoms. The van der Waals surface area contributed by atoms with Crippen molar-refractivity contribution in [1.82, 2.24) is 14.8 Å². The van der Waals surface area contributed by atoms with Gasteiger partial charge in [-0.25, -0.2) is 4.98 Å². The summed E-state index contributed by atoms with van der Waals surface area (Å²) in [5.41, 5.74) is 0.907. The van der Waals surface area contributed by atoms with Crippen LogP contribution in [0.5, 0.6) is 11.5 Å². The molecule has 106 valence electrons. The summed E-state index contributed by atoms with van der Waals surface area (Å²) in [6, 6.07) is 4.05. The van der Waals surface area contributed by atoms with Gasteiger partial charge in [0.2, 0.25) is 0 Å². The van der Waals surface area contributed by atoms with Gasteiger partial charge in [0.1, 0.15) is 16.6 Å². The highest BCUT2D eigenvalue weighted by molar-refractivity contribution is 6.29. The molecule has 2 aromatic rings. The molecule has 4 nitrogen and oxygen atoms in total. The number of aromatic nitrogens is 3. The Bertz CT molecular complexity index is 626. The molecule has 0 radical (unpaired) electrons. The van der Waals surface area contributed by atoms with E-state index in [2.05, 4.69) is 25.8 Å². The molecule has 0 bridgehead atoms. The fourth-order valence-electron chi connectivity index (χ4n) is 2.07. The van der Waals surface area contributed by atoms with Crippen LogP contribution < -0.4 is 4.74 Å². The average Bonchev–Trinajstić information content (AvgIpc) is 3.10. The Morgan fingerprint density at radius 1 is 1.35 bits per heavy atom. The molecule has 0 spiro atoms. The van der Waals surface area contributed by atoms with Crippen LogP contribution in [0.4, 0.5) is 0 Å². The Labute approximate surface area is 123 Å². The van der Waals surface area contributed by atoms with E-state index in [-0.39, 0.29) is 5.41 Å². The van der Waals surface area contributed by atoms with E-state index in [0.29, 0.717) is 16.9 Å². The molecule has 0 aromatic carbocycles. The van der Waals surface area contributed by atoms with Crippen molar-refractivity contribution >= 4 is 11.6 Å². The SMILES string of the molecule is CC(C)(C)c1nn(C2CC2)cc1Oc1ccnc(Cl)c1. The molecular formula is C15H18ClN3O. The number of hydrogen-bond donors (Lipinski definition) is 0. The first-order valence-corrected chi connectivity index (χ1v) is 7.20. The lowest BCUT2D eigenvalue weighted by molar-refractivity contribution is 0.452. The van der Waals surface area contributed by atoms with Crippen LogP contribution in [-0.4, -0.2) is 14.8 Å². The van der Waals surface area contributed by atoms with Crippen molar-refractivity contribution in [2.24, 2.45) is 0 Å². The second-order valence-electron chi connectivity index (χ2n) is 6.22. The maximum atomic E-state index is 5.97. The van der Waals surface area contributed by atoms with Crippen LogP contribution in [0.25, 0.3) is 0 Å². The van der Waals surface area contributed by atoms with E-state index >= 15 is 0 Å². The number of ether oxygens (including phenoxy) is 1. The average molecular weight is 292 g/mol. The Balaban J connectivity index is 1.95. The standard InChI is InChI=1S/C15H18ClN3O/c1-15(2,3)14-12(9-19(18-14)10-4-5-10)20-11-6-7-17-13(16)8-11/h6-10H,4-5H2,1-3H3. The summed E-state index contributed by atoms with van der Waals surface area (Å²) in [6.07, 6.45) is 6.03. The molecule has 0 amide bonds. The van der Waals surface area contributed by atoms with Gasteiger partial charge in [0.15, 0.2) is 5.75 Å². The van der Waals surface area contributed by atoms with Gasteiger partial charge in [0, 0.05) is 17.7 Å². The fraction of sp³-hybridized carbons (Fsp3) is 0.467. The van der Waals surface area contributed by atoms with Crippen molar-refractivity contribution in [3.05, 3.63) is 35.4 Å². The van der Waals surface area contributed by atoms with E-state index in [9.17, 15) is 0 Å². The minimum atomic E-state index is -0.0632. The molecule has 0 aliphatic heterocycles. The summed E-state index contributed by atoms with van der Waals surface area (Å²) < 4.78 is 7.99. The summed E-state index contributed by atoms with van der Waals surface area (Å²) in [7, 11) is 0. The molecule has 1 fully saturated rings. The largest absolute Gasteiger partial charge is 0.454 e. The maximum Gasteiger partial charge on any atom is 0.169 e. The van der Waals surface area contributed by atoms with Crippen LogP contribution in [0.2, 0.25) is 5.15 Å². The van der Waals surface area contributed by atoms with E-state index in [1.54, 1.807) is 18.3 Å². The predicted molar refractivity (Wildman–Crippen MR) is 78.5 cm³/mol. The first-order chi connectivity index (χ1) is 9.43. The van der Waals surface area contributed by atoms with Gasteiger partial charge in [-0.1, -0.05) is 32.4 Å². The highest BCUT2D eigenvalue weighted by Gasteiger charge is 2.30. The molecule has 1 saturated carbocycles. The van der Waals surface area contributed by atoms with Gasteiger partial charge in [-0.3, -0.25) is 4.68 Å². The summed E-state index contributed by atoms with van der Waals surface area (Å²) in [5, 5.41) is 5.13. The van der Waals surface area contributed by atoms with E-state index < -0.39 is 0 Å². The van der Waals surface area contributed by atoms with Gasteiger partial charge < -0.3 is 4.74 Å². The topological polar surface area (TPSA) is 39.9 Å². The lowest BCUT2D eigenvalue weighted by atomic mass is 9.92. The molecule has 2 aromatic heterocycles. The zero-order valence-electron chi connectivity index (χ0n) is 11.9. The molecule has 0 unspecified atom stereocenters. The Morgan fingerprint density at radius 3 is 2.70 bits per heavy atom. The lowest BCUT2D eigenvalue weighted by Crippen LogP contribution is -2.13. The van der Waals surface area contributed by atoms with Crippen LogP contribution in [-0.2, 0) is 5.41 Å². The molecule has 1 aliphatic carbocycles. The van der Waals surface area contributed by atoms with Crippen molar-refractivity contribution in [2.45, 2.75) is 45.1 Å². The minimum absolute atomic E-state index is 0.0632. The lowest BCUT2D eigenvalue weighted by Gasteiger charge is -2.17. The van der Waals surface area contributed by atoms with Crippen molar-refractivity contribution in [3.8, 4) is 11.5 Å². The number of nitrogens with zero attached hydrogens (tertiary/aromatic N) is 3. The number of halogens is 1. The number of pyridine rings is 1. The molecule has 1 aliphatic rings. The van der Waals surface area contributed by atoms with E-state index in [4.69, 9.17) is 21.4 Å². The smallest absolute Gasteiger partial charge is 0.169 e. The second kappa shape index (κ2) is 4.77. The highest BCUT2D eigenvalue weighted by atomic mass is 35.5. The first kappa shape index (κ1) is 13.4. The van der Waals surface area contributed by atoms with Crippen LogP contribution in [0.3, 0.4) is 0 Å². The predicted octanol–water partition coefficient (Wildman–Crippen LogP) is 4.36. The molecule has 2 heterocycles. The van der Waals surface area contributed by atoms with Gasteiger partial charge >= 0.3 is 0 Å². The van der Waals surface area contributed by atoms with Gasteiger partial charge in [-0.15, -0.1) is 0 Å². The van der Waals surface area contributed by atoms with Crippen molar-refractivity contribution in [1.29, 1.82) is 0 Å². The molecule has 20 heavy (non-hydrogen) atoms. The summed E-state index contributed by atoms with van der Waals surface area (Å²) >= 11 is 5.89. The Kier molecular flexibility index (Phi) is 3.21. The molecule has 0 atom stereocenters. The van der Waals surface area contributed by atoms with Crippen molar-refractivity contribution < 1.29 is 4.74 Å². The minimum Gasteiger partial charge on any atom is -0.454 e. The maximum absolute atomic E-state index is 5.97. The molecular weight excluding hydrogens is 274 g/mol. The van der Waals surface area contributed by atoms with Gasteiger partial charge in [0.05, 0.1) is 12.2 Å². The van der Waals surface area contributed by atoms with E-state index in [0.717, 1.165) is 11.4 Å². The third-order valence-corrected chi connectivity index (χ3v) is 3.46. The Hall–Kier alpha value is -1.55. The number of hydrogen-bond acceptors (Lipinski definition) is 3. The second-order valence-corrected chi connectivity index (χ2v) is 6.61. The van der Waals surface area contributed by atoms with Crippen molar-refractivity contribution in [3.63, 3.8) is 0 Å². The van der Waals surface area contributed by atoms with E-state index in [1.165, 1.54) is 12.8 Å². The van der Waals surface area contributed by atoms with Gasteiger partial charge in [-0.05, 0) is 18.9 Å². The van der Waals surface area contributed by atoms with Crippen LogP contribution in [0, 0.1) is 0 Å². The summed E-state index contributed by atoms with van der Waals surface area (Å²) in [5.74, 6) is 1.48. The monoisotopic (exact) mass is 291 g/mol. The third-order valence-electron chi connectivity index (χ3n) is 3.26. The summed E-state index contributed by atoms with van der Waals surface area (Å²) in [4.78, 5) is 3.96. The van der Waals surface area contributed by atoms with Crippen LogP contribution in [0.15, 0.2) is 24.5 Å². The normalized spacial score (nSPS) is 15.4. The van der Waals surface area contributed by atoms with Crippen LogP contribution >= 0.6 is 11.6 Å². The molecule has 3 rings (SSSR count). The number of rotatable bonds is 3. The quantitative estimate of drug-likeness (QED) is 0.789. The third kappa shape index (κ3) is 2.80. The first-order valence-electron chi connectivity index (χ1n) is 6.82. The van der Waals surface area contributed by atoms with Gasteiger partial charge in [-0.2, -0.15) is 5.10 Å². The fourth-order valence-corrected chi connectivity index (χ4v) is 2.23.